The first-order valence-electron chi connectivity index (χ1n) is 7.51. The number of halogens is 2. The topological polar surface area (TPSA) is 66.5 Å². The molecule has 0 fully saturated rings. The molecule has 25 heavy (non-hydrogen) atoms. The second-order valence-corrected chi connectivity index (χ2v) is 7.35. The zero-order chi connectivity index (χ0) is 18.4. The molecule has 0 spiro atoms. The van der Waals surface area contributed by atoms with Gasteiger partial charge in [0.1, 0.15) is 18.2 Å². The third-order valence-corrected chi connectivity index (χ3v) is 4.60. The molecule has 2 aromatic carbocycles. The van der Waals surface area contributed by atoms with Crippen LogP contribution in [-0.4, -0.2) is 33.7 Å². The number of nitrogens with zero attached hydrogens (tertiary/aromatic N) is 1. The van der Waals surface area contributed by atoms with Crippen molar-refractivity contribution < 1.29 is 22.0 Å². The molecule has 2 aromatic rings. The van der Waals surface area contributed by atoms with Crippen molar-refractivity contribution in [1.82, 2.24) is 5.32 Å². The third kappa shape index (κ3) is 5.53. The van der Waals surface area contributed by atoms with Crippen LogP contribution in [0.1, 0.15) is 5.56 Å². The van der Waals surface area contributed by atoms with Gasteiger partial charge in [0.25, 0.3) is 0 Å². The average Bonchev–Trinajstić information content (AvgIpc) is 2.53. The van der Waals surface area contributed by atoms with Crippen LogP contribution >= 0.6 is 0 Å². The van der Waals surface area contributed by atoms with Gasteiger partial charge < -0.3 is 5.32 Å². The fraction of sp³-hybridized carbons (Fsp3) is 0.235. The summed E-state index contributed by atoms with van der Waals surface area (Å²) in [7, 11) is -3.77. The third-order valence-electron chi connectivity index (χ3n) is 3.46. The summed E-state index contributed by atoms with van der Waals surface area (Å²) in [5.41, 5.74) is 0.514. The molecule has 0 heterocycles. The van der Waals surface area contributed by atoms with Gasteiger partial charge in [-0.15, -0.1) is 0 Å². The maximum Gasteiger partial charge on any atom is 0.240 e. The van der Waals surface area contributed by atoms with Crippen LogP contribution in [0.15, 0.2) is 48.5 Å². The van der Waals surface area contributed by atoms with Gasteiger partial charge >= 0.3 is 0 Å². The fourth-order valence-corrected chi connectivity index (χ4v) is 3.10. The van der Waals surface area contributed by atoms with Crippen molar-refractivity contribution >= 4 is 21.6 Å². The number of hydrogen-bond donors (Lipinski definition) is 1. The Morgan fingerprint density at radius 2 is 1.84 bits per heavy atom. The van der Waals surface area contributed by atoms with E-state index in [-0.39, 0.29) is 24.5 Å². The van der Waals surface area contributed by atoms with E-state index in [1.165, 1.54) is 24.3 Å². The SMILES string of the molecule is CS(=O)(=O)N(CC(=O)NCCc1ccccc1F)c1cccc(F)c1. The van der Waals surface area contributed by atoms with Gasteiger partial charge in [-0.1, -0.05) is 24.3 Å². The van der Waals surface area contributed by atoms with E-state index in [1.807, 2.05) is 0 Å². The first kappa shape index (κ1) is 18.9. The highest BCUT2D eigenvalue weighted by molar-refractivity contribution is 7.92. The summed E-state index contributed by atoms with van der Waals surface area (Å²) >= 11 is 0. The van der Waals surface area contributed by atoms with Gasteiger partial charge in [0, 0.05) is 6.54 Å². The molecule has 0 aliphatic carbocycles. The Labute approximate surface area is 145 Å². The van der Waals surface area contributed by atoms with Crippen LogP contribution in [0, 0.1) is 11.6 Å². The number of amides is 1. The van der Waals surface area contributed by atoms with Gasteiger partial charge in [-0.25, -0.2) is 17.2 Å². The lowest BCUT2D eigenvalue weighted by Crippen LogP contribution is -2.41. The number of hydrogen-bond acceptors (Lipinski definition) is 3. The quantitative estimate of drug-likeness (QED) is 0.814. The van der Waals surface area contributed by atoms with Crippen LogP contribution in [-0.2, 0) is 21.2 Å². The van der Waals surface area contributed by atoms with Crippen molar-refractivity contribution in [3.05, 3.63) is 65.7 Å². The fourth-order valence-electron chi connectivity index (χ4n) is 2.26. The van der Waals surface area contributed by atoms with Gasteiger partial charge in [-0.05, 0) is 36.2 Å². The van der Waals surface area contributed by atoms with Crippen LogP contribution in [0.25, 0.3) is 0 Å². The molecule has 0 unspecified atom stereocenters. The largest absolute Gasteiger partial charge is 0.354 e. The average molecular weight is 368 g/mol. The highest BCUT2D eigenvalue weighted by Crippen LogP contribution is 2.18. The molecule has 0 aliphatic rings. The second-order valence-electron chi connectivity index (χ2n) is 5.44. The molecule has 1 N–H and O–H groups in total. The Morgan fingerprint density at radius 3 is 2.48 bits per heavy atom. The number of nitrogens with one attached hydrogen (secondary N) is 1. The first-order chi connectivity index (χ1) is 11.8. The summed E-state index contributed by atoms with van der Waals surface area (Å²) in [5.74, 6) is -1.54. The Balaban J connectivity index is 1.99. The molecule has 2 rings (SSSR count). The van der Waals surface area contributed by atoms with Crippen molar-refractivity contribution in [2.45, 2.75) is 6.42 Å². The lowest BCUT2D eigenvalue weighted by Gasteiger charge is -2.21. The number of rotatable bonds is 7. The van der Waals surface area contributed by atoms with Crippen molar-refractivity contribution in [3.63, 3.8) is 0 Å². The molecular weight excluding hydrogens is 350 g/mol. The molecule has 0 aromatic heterocycles. The summed E-state index contributed by atoms with van der Waals surface area (Å²) < 4.78 is 51.4. The van der Waals surface area contributed by atoms with Crippen molar-refractivity contribution in [3.8, 4) is 0 Å². The predicted molar refractivity (Wildman–Crippen MR) is 91.7 cm³/mol. The minimum Gasteiger partial charge on any atom is -0.354 e. The van der Waals surface area contributed by atoms with E-state index in [0.29, 0.717) is 5.56 Å². The summed E-state index contributed by atoms with van der Waals surface area (Å²) in [6, 6.07) is 11.2. The maximum absolute atomic E-state index is 13.5. The summed E-state index contributed by atoms with van der Waals surface area (Å²) in [4.78, 5) is 12.0. The van der Waals surface area contributed by atoms with Crippen molar-refractivity contribution in [1.29, 1.82) is 0 Å². The lowest BCUT2D eigenvalue weighted by molar-refractivity contribution is -0.119. The van der Waals surface area contributed by atoms with E-state index < -0.39 is 28.3 Å². The van der Waals surface area contributed by atoms with Crippen LogP contribution in [0.2, 0.25) is 0 Å². The number of carbonyl (C=O) groups is 1. The number of benzene rings is 2. The highest BCUT2D eigenvalue weighted by Gasteiger charge is 2.21. The Hall–Kier alpha value is -2.48. The first-order valence-corrected chi connectivity index (χ1v) is 9.35. The van der Waals surface area contributed by atoms with Crippen LogP contribution in [0.4, 0.5) is 14.5 Å². The molecule has 5 nitrogen and oxygen atoms in total. The Morgan fingerprint density at radius 1 is 1.12 bits per heavy atom. The molecular formula is C17H18F2N2O3S. The molecule has 8 heteroatoms. The monoisotopic (exact) mass is 368 g/mol. The van der Waals surface area contributed by atoms with Crippen molar-refractivity contribution in [2.24, 2.45) is 0 Å². The van der Waals surface area contributed by atoms with Crippen LogP contribution in [0.5, 0.6) is 0 Å². The minimum absolute atomic E-state index is 0.0618. The number of carbonyl (C=O) groups excluding carboxylic acids is 1. The summed E-state index contributed by atoms with van der Waals surface area (Å²) in [6.07, 6.45) is 1.21. The molecule has 0 bridgehead atoms. The zero-order valence-corrected chi connectivity index (χ0v) is 14.4. The maximum atomic E-state index is 13.5. The molecule has 0 aliphatic heterocycles. The number of anilines is 1. The molecule has 134 valence electrons. The van der Waals surface area contributed by atoms with Gasteiger partial charge in [0.15, 0.2) is 0 Å². The minimum atomic E-state index is -3.77. The van der Waals surface area contributed by atoms with E-state index in [0.717, 1.165) is 16.6 Å². The smallest absolute Gasteiger partial charge is 0.240 e. The predicted octanol–water partition coefficient (Wildman–Crippen LogP) is 2.09. The number of sulfonamides is 1. The lowest BCUT2D eigenvalue weighted by atomic mass is 10.1. The molecule has 1 amide bonds. The van der Waals surface area contributed by atoms with E-state index in [2.05, 4.69) is 5.32 Å². The summed E-state index contributed by atoms with van der Waals surface area (Å²) in [5, 5.41) is 2.54. The molecule has 0 saturated heterocycles. The van der Waals surface area contributed by atoms with Gasteiger partial charge in [-0.2, -0.15) is 0 Å². The molecule has 0 radical (unpaired) electrons. The Bertz CT molecular complexity index is 856. The highest BCUT2D eigenvalue weighted by atomic mass is 32.2. The summed E-state index contributed by atoms with van der Waals surface area (Å²) in [6.45, 7) is -0.333. The Kier molecular flexibility index (Phi) is 6.08. The van der Waals surface area contributed by atoms with Crippen LogP contribution < -0.4 is 9.62 Å². The van der Waals surface area contributed by atoms with E-state index in [1.54, 1.807) is 18.2 Å². The molecule has 0 atom stereocenters. The second kappa shape index (κ2) is 8.06. The van der Waals surface area contributed by atoms with Gasteiger partial charge in [-0.3, -0.25) is 9.10 Å². The van der Waals surface area contributed by atoms with E-state index >= 15 is 0 Å². The standard InChI is InChI=1S/C17H18F2N2O3S/c1-25(23,24)21(15-7-4-6-14(18)11-15)12-17(22)20-10-9-13-5-2-3-8-16(13)19/h2-8,11H,9-10,12H2,1H3,(H,20,22). The normalized spacial score (nSPS) is 11.2. The van der Waals surface area contributed by atoms with Gasteiger partial charge in [0.05, 0.1) is 11.9 Å². The van der Waals surface area contributed by atoms with Crippen molar-refractivity contribution in [2.75, 3.05) is 23.7 Å². The molecule has 0 saturated carbocycles. The van der Waals surface area contributed by atoms with E-state index in [4.69, 9.17) is 0 Å². The van der Waals surface area contributed by atoms with Crippen LogP contribution in [0.3, 0.4) is 0 Å². The van der Waals surface area contributed by atoms with E-state index in [9.17, 15) is 22.0 Å². The van der Waals surface area contributed by atoms with Gasteiger partial charge in [0.2, 0.25) is 15.9 Å². The zero-order valence-electron chi connectivity index (χ0n) is 13.6.